The lowest BCUT2D eigenvalue weighted by Gasteiger charge is -2.11. The summed E-state index contributed by atoms with van der Waals surface area (Å²) < 4.78 is 2.42. The Morgan fingerprint density at radius 2 is 1.79 bits per heavy atom. The number of carbonyl (C=O) groups is 1. The minimum absolute atomic E-state index is 0.00252. The van der Waals surface area contributed by atoms with E-state index in [0.29, 0.717) is 11.2 Å². The van der Waals surface area contributed by atoms with E-state index >= 15 is 0 Å². The highest BCUT2D eigenvalue weighted by atomic mass is 16.4. The van der Waals surface area contributed by atoms with Crippen LogP contribution in [0.1, 0.15) is 15.9 Å². The molecule has 0 fully saturated rings. The van der Waals surface area contributed by atoms with Crippen LogP contribution in [-0.4, -0.2) is 20.2 Å². The van der Waals surface area contributed by atoms with Crippen molar-refractivity contribution in [3.05, 3.63) is 74.4 Å². The quantitative estimate of drug-likeness (QED) is 0.699. The van der Waals surface area contributed by atoms with Gasteiger partial charge in [0.05, 0.1) is 23.0 Å². The number of carboxylic acid groups (broad SMARTS) is 1. The Hall–Kier alpha value is -3.35. The third-order valence-electron chi connectivity index (χ3n) is 3.92. The summed E-state index contributed by atoms with van der Waals surface area (Å²) in [6.07, 6.45) is 0. The number of aryl methyl sites for hydroxylation is 1. The van der Waals surface area contributed by atoms with E-state index < -0.39 is 17.2 Å². The molecule has 1 aromatic heterocycles. The summed E-state index contributed by atoms with van der Waals surface area (Å²) in [5, 5.41) is 9.29. The van der Waals surface area contributed by atoms with Gasteiger partial charge in [0.2, 0.25) is 0 Å². The fourth-order valence-corrected chi connectivity index (χ4v) is 2.59. The Labute approximate surface area is 136 Å². The highest BCUT2D eigenvalue weighted by Crippen LogP contribution is 2.12. The molecule has 24 heavy (non-hydrogen) atoms. The number of benzene rings is 2. The van der Waals surface area contributed by atoms with Crippen LogP contribution in [0.15, 0.2) is 52.1 Å². The van der Waals surface area contributed by atoms with E-state index in [0.717, 1.165) is 10.1 Å². The summed E-state index contributed by atoms with van der Waals surface area (Å²) in [7, 11) is 1.55. The van der Waals surface area contributed by atoms with Crippen LogP contribution in [0.3, 0.4) is 0 Å². The van der Waals surface area contributed by atoms with E-state index in [-0.39, 0.29) is 17.5 Å². The van der Waals surface area contributed by atoms with E-state index in [1.165, 1.54) is 22.8 Å². The molecule has 0 unspecified atom stereocenters. The first kappa shape index (κ1) is 15.5. The van der Waals surface area contributed by atoms with Crippen LogP contribution in [0.4, 0.5) is 5.69 Å². The smallest absolute Gasteiger partial charge is 0.335 e. The highest BCUT2D eigenvalue weighted by molar-refractivity contribution is 5.93. The van der Waals surface area contributed by atoms with E-state index in [1.54, 1.807) is 31.3 Å². The maximum absolute atomic E-state index is 12.7. The van der Waals surface area contributed by atoms with Crippen LogP contribution >= 0.6 is 0 Å². The summed E-state index contributed by atoms with van der Waals surface area (Å²) >= 11 is 0. The lowest BCUT2D eigenvalue weighted by atomic mass is 10.1. The van der Waals surface area contributed by atoms with Crippen LogP contribution in [0, 0.1) is 0 Å². The number of nitrogens with two attached hydrogens (primary N) is 1. The number of hydrogen-bond acceptors (Lipinski definition) is 4. The summed E-state index contributed by atoms with van der Waals surface area (Å²) in [4.78, 5) is 36.3. The SMILES string of the molecule is Cn1c(=O)n(Cc2ccc(N)cc2)c(=O)c2cc(C(=O)O)ccc21. The zero-order chi connectivity index (χ0) is 17.4. The van der Waals surface area contributed by atoms with Crippen LogP contribution in [0.5, 0.6) is 0 Å². The Kier molecular flexibility index (Phi) is 3.69. The van der Waals surface area contributed by atoms with Gasteiger partial charge >= 0.3 is 11.7 Å². The molecule has 0 bridgehead atoms. The third-order valence-corrected chi connectivity index (χ3v) is 3.92. The molecule has 122 valence electrons. The van der Waals surface area contributed by atoms with Gasteiger partial charge in [0.1, 0.15) is 0 Å². The number of rotatable bonds is 3. The number of hydrogen-bond donors (Lipinski definition) is 2. The van der Waals surface area contributed by atoms with Crippen molar-refractivity contribution in [3.63, 3.8) is 0 Å². The van der Waals surface area contributed by atoms with Gasteiger partial charge in [0, 0.05) is 12.7 Å². The minimum Gasteiger partial charge on any atom is -0.478 e. The van der Waals surface area contributed by atoms with Crippen LogP contribution in [0.25, 0.3) is 10.9 Å². The average Bonchev–Trinajstić information content (AvgIpc) is 2.58. The maximum Gasteiger partial charge on any atom is 0.335 e. The Balaban J connectivity index is 2.24. The lowest BCUT2D eigenvalue weighted by molar-refractivity contribution is 0.0697. The molecular weight excluding hydrogens is 310 g/mol. The van der Waals surface area contributed by atoms with Crippen molar-refractivity contribution in [2.75, 3.05) is 5.73 Å². The second-order valence-electron chi connectivity index (χ2n) is 5.51. The summed E-state index contributed by atoms with van der Waals surface area (Å²) in [6, 6.07) is 11.0. The molecule has 0 saturated heterocycles. The number of carboxylic acids is 1. The zero-order valence-corrected chi connectivity index (χ0v) is 12.9. The van der Waals surface area contributed by atoms with Gasteiger partial charge in [-0.3, -0.25) is 13.9 Å². The third kappa shape index (κ3) is 2.56. The fraction of sp³-hybridized carbons (Fsp3) is 0.118. The van der Waals surface area contributed by atoms with Gasteiger partial charge in [-0.25, -0.2) is 9.59 Å². The maximum atomic E-state index is 12.7. The van der Waals surface area contributed by atoms with Gasteiger partial charge in [-0.2, -0.15) is 0 Å². The molecule has 0 radical (unpaired) electrons. The van der Waals surface area contributed by atoms with Crippen molar-refractivity contribution in [2.24, 2.45) is 7.05 Å². The van der Waals surface area contributed by atoms with Crippen LogP contribution < -0.4 is 17.0 Å². The molecule has 0 amide bonds. The Morgan fingerprint density at radius 1 is 1.12 bits per heavy atom. The normalized spacial score (nSPS) is 10.9. The number of aromatic carboxylic acids is 1. The topological polar surface area (TPSA) is 107 Å². The molecule has 2 aromatic carbocycles. The van der Waals surface area contributed by atoms with Crippen LogP contribution in [0.2, 0.25) is 0 Å². The summed E-state index contributed by atoms with van der Waals surface area (Å²) in [5.74, 6) is -1.13. The van der Waals surface area contributed by atoms with E-state index in [4.69, 9.17) is 10.8 Å². The molecule has 1 heterocycles. The number of anilines is 1. The standard InChI is InChI=1S/C17H15N3O4/c1-19-14-7-4-11(16(22)23)8-13(14)15(21)20(17(19)24)9-10-2-5-12(18)6-3-10/h2-8H,9,18H2,1H3,(H,22,23). The number of fused-ring (bicyclic) bond motifs is 1. The van der Waals surface area contributed by atoms with Crippen molar-refractivity contribution in [3.8, 4) is 0 Å². The van der Waals surface area contributed by atoms with Crippen molar-refractivity contribution < 1.29 is 9.90 Å². The van der Waals surface area contributed by atoms with Gasteiger partial charge in [0.15, 0.2) is 0 Å². The van der Waals surface area contributed by atoms with Gasteiger partial charge < -0.3 is 10.8 Å². The molecule has 7 nitrogen and oxygen atoms in total. The second kappa shape index (κ2) is 5.69. The largest absolute Gasteiger partial charge is 0.478 e. The predicted octanol–water partition coefficient (Wildman–Crippen LogP) is 1.03. The van der Waals surface area contributed by atoms with Gasteiger partial charge in [-0.15, -0.1) is 0 Å². The van der Waals surface area contributed by atoms with Crippen molar-refractivity contribution >= 4 is 22.6 Å². The highest BCUT2D eigenvalue weighted by Gasteiger charge is 2.13. The molecule has 0 atom stereocenters. The van der Waals surface area contributed by atoms with Crippen LogP contribution in [-0.2, 0) is 13.6 Å². The second-order valence-corrected chi connectivity index (χ2v) is 5.51. The molecule has 0 aliphatic heterocycles. The van der Waals surface area contributed by atoms with E-state index in [9.17, 15) is 14.4 Å². The van der Waals surface area contributed by atoms with E-state index in [1.807, 2.05) is 0 Å². The number of nitrogen functional groups attached to an aromatic ring is 1. The Morgan fingerprint density at radius 3 is 2.42 bits per heavy atom. The lowest BCUT2D eigenvalue weighted by Crippen LogP contribution is -2.39. The van der Waals surface area contributed by atoms with Crippen molar-refractivity contribution in [1.29, 1.82) is 0 Å². The first-order valence-corrected chi connectivity index (χ1v) is 7.20. The van der Waals surface area contributed by atoms with Crippen molar-refractivity contribution in [2.45, 2.75) is 6.54 Å². The van der Waals surface area contributed by atoms with E-state index in [2.05, 4.69) is 0 Å². The van der Waals surface area contributed by atoms with Gasteiger partial charge in [0.25, 0.3) is 5.56 Å². The Bertz CT molecular complexity index is 1060. The first-order chi connectivity index (χ1) is 11.4. The predicted molar refractivity (Wildman–Crippen MR) is 90.4 cm³/mol. The molecule has 0 saturated carbocycles. The molecule has 3 aromatic rings. The zero-order valence-electron chi connectivity index (χ0n) is 12.9. The van der Waals surface area contributed by atoms with Crippen molar-refractivity contribution in [1.82, 2.24) is 9.13 Å². The summed E-state index contributed by atoms with van der Waals surface area (Å²) in [5.41, 5.74) is 6.37. The number of nitrogens with zero attached hydrogens (tertiary/aromatic N) is 2. The average molecular weight is 325 g/mol. The first-order valence-electron chi connectivity index (χ1n) is 7.20. The molecule has 0 aliphatic carbocycles. The number of aromatic nitrogens is 2. The molecule has 3 N–H and O–H groups in total. The molecule has 3 rings (SSSR count). The molecule has 0 spiro atoms. The fourth-order valence-electron chi connectivity index (χ4n) is 2.59. The summed E-state index contributed by atoms with van der Waals surface area (Å²) in [6.45, 7) is 0.0824. The minimum atomic E-state index is -1.13. The van der Waals surface area contributed by atoms with Gasteiger partial charge in [-0.1, -0.05) is 12.1 Å². The monoisotopic (exact) mass is 325 g/mol. The molecule has 0 aliphatic rings. The molecular formula is C17H15N3O4. The van der Waals surface area contributed by atoms with Gasteiger partial charge in [-0.05, 0) is 35.9 Å². The molecule has 7 heteroatoms.